The highest BCUT2D eigenvalue weighted by atomic mass is 19.4. The minimum Gasteiger partial charge on any atom is -0.475 e. The summed E-state index contributed by atoms with van der Waals surface area (Å²) in [6, 6.07) is 25.5. The number of carboxylic acid groups (broad SMARTS) is 1. The van der Waals surface area contributed by atoms with Gasteiger partial charge in [-0.25, -0.2) is 4.79 Å². The summed E-state index contributed by atoms with van der Waals surface area (Å²) in [5, 5.41) is 7.12. The highest BCUT2D eigenvalue weighted by Crippen LogP contribution is 2.31. The number of halogens is 3. The highest BCUT2D eigenvalue weighted by molar-refractivity contribution is 5.97. The molecule has 6 nitrogen and oxygen atoms in total. The van der Waals surface area contributed by atoms with Crippen LogP contribution in [0.4, 0.5) is 13.2 Å². The predicted molar refractivity (Wildman–Crippen MR) is 129 cm³/mol. The monoisotopic (exact) mass is 500 g/mol. The minimum absolute atomic E-state index is 0.0330. The molecule has 190 valence electrons. The van der Waals surface area contributed by atoms with Crippen molar-refractivity contribution in [1.82, 2.24) is 4.90 Å². The zero-order chi connectivity index (χ0) is 26.1. The summed E-state index contributed by atoms with van der Waals surface area (Å²) < 4.78 is 37.7. The van der Waals surface area contributed by atoms with Crippen molar-refractivity contribution in [1.29, 1.82) is 0 Å². The van der Waals surface area contributed by atoms with Gasteiger partial charge in [0.1, 0.15) is 11.5 Å². The van der Waals surface area contributed by atoms with Gasteiger partial charge in [0.2, 0.25) is 0 Å². The highest BCUT2D eigenvalue weighted by Gasteiger charge is 2.38. The van der Waals surface area contributed by atoms with Crippen LogP contribution in [-0.2, 0) is 11.3 Å². The molecule has 3 aromatic rings. The van der Waals surface area contributed by atoms with Crippen LogP contribution in [0.2, 0.25) is 0 Å². The number of nitrogens with two attached hydrogens (primary N) is 1. The van der Waals surface area contributed by atoms with E-state index in [2.05, 4.69) is 24.3 Å². The number of carbonyl (C=O) groups is 2. The number of nitrogens with zero attached hydrogens (tertiary/aromatic N) is 1. The zero-order valence-corrected chi connectivity index (χ0v) is 19.4. The molecule has 1 amide bonds. The second kappa shape index (κ2) is 12.2. The van der Waals surface area contributed by atoms with E-state index in [0.717, 1.165) is 37.2 Å². The molecule has 36 heavy (non-hydrogen) atoms. The number of rotatable bonds is 5. The Balaban J connectivity index is 0.000000454. The van der Waals surface area contributed by atoms with Crippen LogP contribution in [0.1, 0.15) is 40.2 Å². The summed E-state index contributed by atoms with van der Waals surface area (Å²) >= 11 is 0. The number of aliphatic carboxylic acids is 1. The summed E-state index contributed by atoms with van der Waals surface area (Å²) in [6.45, 7) is 2.05. The maximum atomic E-state index is 13.2. The van der Waals surface area contributed by atoms with Gasteiger partial charge in [0.15, 0.2) is 0 Å². The molecule has 9 heteroatoms. The van der Waals surface area contributed by atoms with Crippen molar-refractivity contribution in [2.45, 2.75) is 31.5 Å². The smallest absolute Gasteiger partial charge is 0.475 e. The lowest BCUT2D eigenvalue weighted by atomic mass is 9.88. The second-order valence-electron chi connectivity index (χ2n) is 8.23. The Morgan fingerprint density at radius 3 is 2.17 bits per heavy atom. The molecule has 1 aliphatic rings. The number of piperidine rings is 1. The van der Waals surface area contributed by atoms with Gasteiger partial charge >= 0.3 is 12.1 Å². The first-order chi connectivity index (χ1) is 17.2. The molecule has 0 radical (unpaired) electrons. The average molecular weight is 501 g/mol. The number of ether oxygens (including phenoxy) is 1. The summed E-state index contributed by atoms with van der Waals surface area (Å²) in [6.07, 6.45) is -3.16. The number of hydrogen-bond donors (Lipinski definition) is 2. The van der Waals surface area contributed by atoms with Gasteiger partial charge in [-0.15, -0.1) is 0 Å². The van der Waals surface area contributed by atoms with Crippen molar-refractivity contribution in [3.8, 4) is 11.5 Å². The molecular formula is C27H27F3N2O4. The van der Waals surface area contributed by atoms with Gasteiger partial charge in [-0.05, 0) is 54.2 Å². The third-order valence-electron chi connectivity index (χ3n) is 5.77. The number of hydrogen-bond acceptors (Lipinski definition) is 4. The van der Waals surface area contributed by atoms with E-state index in [9.17, 15) is 18.0 Å². The number of para-hydroxylation sites is 2. The standard InChI is InChI=1S/C25H26N2O2.C2HF3O2/c26-18-19-7-6-8-21(17-19)20-13-15-27(16-14-20)25(28)23-11-4-5-12-24(23)29-22-9-2-1-3-10-22;3-2(4,5)1(6)7/h1-12,17,20H,13-16,18,26H2;(H,6,7). The molecule has 0 atom stereocenters. The van der Waals surface area contributed by atoms with Crippen LogP contribution in [0.25, 0.3) is 0 Å². The Hall–Kier alpha value is -3.85. The van der Waals surface area contributed by atoms with Crippen LogP contribution in [0.3, 0.4) is 0 Å². The van der Waals surface area contributed by atoms with Crippen LogP contribution >= 0.6 is 0 Å². The number of benzene rings is 3. The molecule has 0 bridgehead atoms. The molecule has 1 fully saturated rings. The Morgan fingerprint density at radius 1 is 0.944 bits per heavy atom. The Morgan fingerprint density at radius 2 is 1.56 bits per heavy atom. The van der Waals surface area contributed by atoms with E-state index in [4.69, 9.17) is 20.4 Å². The Kier molecular flexibility index (Phi) is 9.08. The van der Waals surface area contributed by atoms with Crippen LogP contribution < -0.4 is 10.5 Å². The maximum Gasteiger partial charge on any atom is 0.490 e. The summed E-state index contributed by atoms with van der Waals surface area (Å²) in [4.78, 5) is 24.0. The lowest BCUT2D eigenvalue weighted by molar-refractivity contribution is -0.192. The van der Waals surface area contributed by atoms with Gasteiger partial charge in [-0.2, -0.15) is 13.2 Å². The van der Waals surface area contributed by atoms with Crippen LogP contribution in [0, 0.1) is 0 Å². The summed E-state index contributed by atoms with van der Waals surface area (Å²) in [5.41, 5.74) is 8.88. The molecule has 3 N–H and O–H groups in total. The first kappa shape index (κ1) is 26.7. The normalized spacial score (nSPS) is 13.9. The SMILES string of the molecule is NCc1cccc(C2CCN(C(=O)c3ccccc3Oc3ccccc3)CC2)c1.O=C(O)C(F)(F)F. The number of amides is 1. The zero-order valence-electron chi connectivity index (χ0n) is 19.4. The molecule has 4 rings (SSSR count). The Labute approximate surface area is 207 Å². The molecule has 3 aromatic carbocycles. The number of carboxylic acids is 1. The third kappa shape index (κ3) is 7.32. The molecule has 1 aliphatic heterocycles. The Bertz CT molecular complexity index is 1160. The predicted octanol–water partition coefficient (Wildman–Crippen LogP) is 5.59. The van der Waals surface area contributed by atoms with Crippen molar-refractivity contribution in [3.63, 3.8) is 0 Å². The molecule has 0 spiro atoms. The van der Waals surface area contributed by atoms with Crippen molar-refractivity contribution >= 4 is 11.9 Å². The number of alkyl halides is 3. The van der Waals surface area contributed by atoms with E-state index in [1.807, 2.05) is 59.5 Å². The molecule has 0 aromatic heterocycles. The average Bonchev–Trinajstić information content (AvgIpc) is 2.89. The lowest BCUT2D eigenvalue weighted by Crippen LogP contribution is -2.38. The molecule has 0 aliphatic carbocycles. The number of likely N-dealkylation sites (tertiary alicyclic amines) is 1. The van der Waals surface area contributed by atoms with Crippen molar-refractivity contribution in [2.75, 3.05) is 13.1 Å². The van der Waals surface area contributed by atoms with Gasteiger partial charge in [0.25, 0.3) is 5.91 Å². The quantitative estimate of drug-likeness (QED) is 0.476. The van der Waals surface area contributed by atoms with E-state index < -0.39 is 12.1 Å². The first-order valence-electron chi connectivity index (χ1n) is 11.4. The summed E-state index contributed by atoms with van der Waals surface area (Å²) in [5.74, 6) is -0.924. The van der Waals surface area contributed by atoms with Crippen LogP contribution in [0.5, 0.6) is 11.5 Å². The van der Waals surface area contributed by atoms with Gasteiger partial charge < -0.3 is 20.5 Å². The fourth-order valence-corrected chi connectivity index (χ4v) is 3.91. The first-order valence-corrected chi connectivity index (χ1v) is 11.4. The fraction of sp³-hybridized carbons (Fsp3) is 0.259. The van der Waals surface area contributed by atoms with Crippen LogP contribution in [0.15, 0.2) is 78.9 Å². The maximum absolute atomic E-state index is 13.2. The van der Waals surface area contributed by atoms with Gasteiger partial charge in [0, 0.05) is 19.6 Å². The third-order valence-corrected chi connectivity index (χ3v) is 5.77. The molecule has 0 saturated carbocycles. The van der Waals surface area contributed by atoms with Crippen molar-refractivity contribution in [2.24, 2.45) is 5.73 Å². The van der Waals surface area contributed by atoms with Gasteiger partial charge in [0.05, 0.1) is 5.56 Å². The van der Waals surface area contributed by atoms with Crippen LogP contribution in [-0.4, -0.2) is 41.1 Å². The van der Waals surface area contributed by atoms with E-state index in [1.54, 1.807) is 0 Å². The topological polar surface area (TPSA) is 92.9 Å². The second-order valence-corrected chi connectivity index (χ2v) is 8.23. The van der Waals surface area contributed by atoms with E-state index >= 15 is 0 Å². The van der Waals surface area contributed by atoms with Crippen molar-refractivity contribution in [3.05, 3.63) is 95.6 Å². The van der Waals surface area contributed by atoms with Gasteiger partial charge in [-0.1, -0.05) is 54.6 Å². The molecular weight excluding hydrogens is 473 g/mol. The van der Waals surface area contributed by atoms with Crippen molar-refractivity contribution < 1.29 is 32.6 Å². The lowest BCUT2D eigenvalue weighted by Gasteiger charge is -2.32. The molecule has 0 unspecified atom stereocenters. The largest absolute Gasteiger partial charge is 0.490 e. The summed E-state index contributed by atoms with van der Waals surface area (Å²) in [7, 11) is 0. The minimum atomic E-state index is -5.08. The fourth-order valence-electron chi connectivity index (χ4n) is 3.91. The molecule has 1 heterocycles. The van der Waals surface area contributed by atoms with E-state index in [1.165, 1.54) is 5.56 Å². The number of carbonyl (C=O) groups excluding carboxylic acids is 1. The van der Waals surface area contributed by atoms with E-state index in [0.29, 0.717) is 23.8 Å². The molecule has 1 saturated heterocycles. The van der Waals surface area contributed by atoms with E-state index in [-0.39, 0.29) is 5.91 Å². The van der Waals surface area contributed by atoms with Gasteiger partial charge in [-0.3, -0.25) is 4.79 Å².